The Labute approximate surface area is 192 Å². The third kappa shape index (κ3) is 4.29. The number of phosphoric acid groups is 1. The van der Waals surface area contributed by atoms with E-state index in [2.05, 4.69) is 15.0 Å². The minimum absolute atomic E-state index is 0. The number of aromatic nitrogens is 4. The predicted octanol–water partition coefficient (Wildman–Crippen LogP) is -1.80. The first-order valence-corrected chi connectivity index (χ1v) is 10.4. The van der Waals surface area contributed by atoms with Crippen molar-refractivity contribution >= 4 is 43.0 Å². The molecule has 2 aromatic heterocycles. The zero-order valence-electron chi connectivity index (χ0n) is 15.7. The van der Waals surface area contributed by atoms with Crippen molar-refractivity contribution in [3.63, 3.8) is 0 Å². The van der Waals surface area contributed by atoms with Crippen molar-refractivity contribution in [1.82, 2.24) is 19.5 Å². The average molecular weight is 454 g/mol. The van der Waals surface area contributed by atoms with Crippen LogP contribution in [0.3, 0.4) is 0 Å². The summed E-state index contributed by atoms with van der Waals surface area (Å²) in [6.07, 6.45) is -1.76. The summed E-state index contributed by atoms with van der Waals surface area (Å²) in [7, 11) is -4.28. The van der Waals surface area contributed by atoms with Crippen molar-refractivity contribution in [2.24, 2.45) is 0 Å². The standard InChI is InChI=1S/C14H18N5O7PS.Na/c1-2-3-7(20)25-10-9-6(4-23-27(21,22)26-9)24-13(10)19-12-8(18-14(19)28)11(15)16-5-17-12;/h5-6,9-10,13H,2-4H2,1H3,(H,18,28)(H,21,22)(H2,15,16,17);/q;+1. The maximum atomic E-state index is 12.2. The monoisotopic (exact) mass is 454 g/mol. The van der Waals surface area contributed by atoms with E-state index in [1.807, 2.05) is 6.92 Å². The van der Waals surface area contributed by atoms with E-state index in [0.717, 1.165) is 0 Å². The summed E-state index contributed by atoms with van der Waals surface area (Å²) in [5, 5.41) is 0. The minimum atomic E-state index is -4.28. The van der Waals surface area contributed by atoms with E-state index in [0.29, 0.717) is 17.6 Å². The predicted molar refractivity (Wildman–Crippen MR) is 96.5 cm³/mol. The van der Waals surface area contributed by atoms with Gasteiger partial charge in [0.05, 0.1) is 6.61 Å². The number of ether oxygens (including phenoxy) is 2. The number of carbonyl (C=O) groups excluding carboxylic acids is 1. The van der Waals surface area contributed by atoms with Crippen molar-refractivity contribution in [3.05, 3.63) is 11.1 Å². The summed E-state index contributed by atoms with van der Waals surface area (Å²) in [5.41, 5.74) is 6.60. The van der Waals surface area contributed by atoms with Crippen LogP contribution in [0.25, 0.3) is 11.2 Å². The molecule has 0 saturated carbocycles. The maximum Gasteiger partial charge on any atom is 1.00 e. The van der Waals surface area contributed by atoms with Gasteiger partial charge in [0.2, 0.25) is 0 Å². The molecular formula is C14H18N5NaO7PS+. The molecule has 0 aromatic carbocycles. The molecule has 2 aliphatic heterocycles. The molecule has 4 rings (SSSR count). The molecule has 2 aliphatic rings. The molecular weight excluding hydrogens is 436 g/mol. The Balaban J connectivity index is 0.00000240. The van der Waals surface area contributed by atoms with E-state index in [1.54, 1.807) is 0 Å². The normalized spacial score (nSPS) is 31.2. The largest absolute Gasteiger partial charge is 1.00 e. The van der Waals surface area contributed by atoms with Crippen LogP contribution >= 0.6 is 20.0 Å². The van der Waals surface area contributed by atoms with E-state index in [1.165, 1.54) is 10.9 Å². The van der Waals surface area contributed by atoms with Crippen LogP contribution in [-0.2, 0) is 27.9 Å². The molecule has 4 heterocycles. The fourth-order valence-corrected chi connectivity index (χ4v) is 4.51. The van der Waals surface area contributed by atoms with Gasteiger partial charge in [-0.2, -0.15) is 0 Å². The molecule has 2 saturated heterocycles. The van der Waals surface area contributed by atoms with Gasteiger partial charge >= 0.3 is 43.3 Å². The molecule has 29 heavy (non-hydrogen) atoms. The van der Waals surface area contributed by atoms with E-state index < -0.39 is 38.3 Å². The number of H-pyrrole nitrogens is 1. The number of imidazole rings is 1. The molecule has 0 bridgehead atoms. The Morgan fingerprint density at radius 2 is 2.31 bits per heavy atom. The quantitative estimate of drug-likeness (QED) is 0.207. The molecule has 15 heteroatoms. The van der Waals surface area contributed by atoms with Gasteiger partial charge in [-0.1, -0.05) is 6.92 Å². The van der Waals surface area contributed by atoms with E-state index in [9.17, 15) is 14.3 Å². The van der Waals surface area contributed by atoms with Gasteiger partial charge in [0.1, 0.15) is 24.1 Å². The third-order valence-corrected chi connectivity index (χ3v) is 5.74. The van der Waals surface area contributed by atoms with Gasteiger partial charge in [-0.3, -0.25) is 18.4 Å². The fourth-order valence-electron chi connectivity index (χ4n) is 3.26. The van der Waals surface area contributed by atoms with Gasteiger partial charge in [0.25, 0.3) is 0 Å². The number of nitrogens with one attached hydrogen (secondary N) is 1. The second-order valence-electron chi connectivity index (χ2n) is 6.36. The number of carbonyl (C=O) groups is 1. The summed E-state index contributed by atoms with van der Waals surface area (Å²) in [4.78, 5) is 32.9. The second kappa shape index (κ2) is 8.69. The van der Waals surface area contributed by atoms with Gasteiger partial charge in [0.15, 0.2) is 28.6 Å². The van der Waals surface area contributed by atoms with Crippen LogP contribution in [0.5, 0.6) is 0 Å². The van der Waals surface area contributed by atoms with Crippen LogP contribution in [-0.4, -0.2) is 55.3 Å². The molecule has 2 aromatic rings. The smallest absolute Gasteiger partial charge is 0.455 e. The van der Waals surface area contributed by atoms with Crippen LogP contribution in [0.2, 0.25) is 0 Å². The number of nitrogens with zero attached hydrogens (tertiary/aromatic N) is 3. The summed E-state index contributed by atoms with van der Waals surface area (Å²) in [5.74, 6) is -0.311. The number of esters is 1. The maximum absolute atomic E-state index is 12.2. The first-order valence-electron chi connectivity index (χ1n) is 8.52. The number of nitrogen functional groups attached to an aromatic ring is 1. The van der Waals surface area contributed by atoms with Gasteiger partial charge in [0, 0.05) is 6.42 Å². The van der Waals surface area contributed by atoms with Crippen LogP contribution in [0, 0.1) is 4.77 Å². The number of aromatic amines is 1. The van der Waals surface area contributed by atoms with Gasteiger partial charge in [-0.15, -0.1) is 0 Å². The van der Waals surface area contributed by atoms with Crippen LogP contribution in [0.1, 0.15) is 26.0 Å². The topological polar surface area (TPSA) is 164 Å². The summed E-state index contributed by atoms with van der Waals surface area (Å²) >= 11 is 5.36. The Bertz CT molecular complexity index is 1030. The zero-order chi connectivity index (χ0) is 20.1. The van der Waals surface area contributed by atoms with Gasteiger partial charge in [-0.05, 0) is 18.6 Å². The number of hydrogen-bond acceptors (Lipinski definition) is 10. The first kappa shape index (κ1) is 22.8. The van der Waals surface area contributed by atoms with Crippen LogP contribution in [0.15, 0.2) is 6.33 Å². The number of hydrogen-bond donors (Lipinski definition) is 3. The molecule has 0 amide bonds. The average Bonchev–Trinajstić information content (AvgIpc) is 3.12. The fraction of sp³-hybridized carbons (Fsp3) is 0.571. The van der Waals surface area contributed by atoms with Crippen molar-refractivity contribution in [2.75, 3.05) is 12.3 Å². The molecule has 0 aliphatic carbocycles. The number of fused-ring (bicyclic) bond motifs is 2. The van der Waals surface area contributed by atoms with E-state index in [4.69, 9.17) is 36.5 Å². The third-order valence-electron chi connectivity index (χ3n) is 4.45. The number of rotatable bonds is 4. The Kier molecular flexibility index (Phi) is 6.83. The summed E-state index contributed by atoms with van der Waals surface area (Å²) in [6, 6.07) is 0. The Morgan fingerprint density at radius 1 is 1.55 bits per heavy atom. The second-order valence-corrected chi connectivity index (χ2v) is 8.15. The molecule has 4 N–H and O–H groups in total. The number of anilines is 1. The minimum Gasteiger partial charge on any atom is -0.455 e. The molecule has 152 valence electrons. The molecule has 5 unspecified atom stereocenters. The number of phosphoric ester groups is 1. The Morgan fingerprint density at radius 3 is 3.03 bits per heavy atom. The van der Waals surface area contributed by atoms with Gasteiger partial charge < -0.3 is 25.1 Å². The van der Waals surface area contributed by atoms with Crippen molar-refractivity contribution in [1.29, 1.82) is 0 Å². The summed E-state index contributed by atoms with van der Waals surface area (Å²) < 4.78 is 35.1. The molecule has 2 fully saturated rings. The van der Waals surface area contributed by atoms with E-state index in [-0.39, 0.29) is 53.2 Å². The van der Waals surface area contributed by atoms with Crippen LogP contribution in [0.4, 0.5) is 5.82 Å². The van der Waals surface area contributed by atoms with Crippen molar-refractivity contribution < 1.29 is 62.3 Å². The summed E-state index contributed by atoms with van der Waals surface area (Å²) in [6.45, 7) is 1.62. The molecule has 0 spiro atoms. The van der Waals surface area contributed by atoms with Crippen LogP contribution < -0.4 is 35.3 Å². The van der Waals surface area contributed by atoms with Crippen molar-refractivity contribution in [2.45, 2.75) is 44.3 Å². The first-order chi connectivity index (χ1) is 13.3. The van der Waals surface area contributed by atoms with Crippen molar-refractivity contribution in [3.8, 4) is 0 Å². The van der Waals surface area contributed by atoms with Gasteiger partial charge in [-0.25, -0.2) is 14.5 Å². The molecule has 0 radical (unpaired) electrons. The van der Waals surface area contributed by atoms with E-state index >= 15 is 0 Å². The zero-order valence-corrected chi connectivity index (χ0v) is 19.4. The number of nitrogens with two attached hydrogens (primary N) is 1. The molecule has 12 nitrogen and oxygen atoms in total. The Hall–Kier alpha value is -0.890. The SMILES string of the molecule is CCCC(=O)OC1C2OP(=O)(O)OCC2OC1n1c(=S)[nH]c2c(N)ncnc21.[Na+]. The molecule has 5 atom stereocenters.